The third-order valence-corrected chi connectivity index (χ3v) is 6.52. The summed E-state index contributed by atoms with van der Waals surface area (Å²) in [5, 5.41) is 0. The zero-order valence-corrected chi connectivity index (χ0v) is 18.3. The molecular formula is C21H26N2O5S. The quantitative estimate of drug-likeness (QED) is 0.822. The van der Waals surface area contributed by atoms with E-state index in [4.69, 9.17) is 9.47 Å². The van der Waals surface area contributed by atoms with Crippen molar-refractivity contribution in [1.29, 1.82) is 0 Å². The van der Waals surface area contributed by atoms with Crippen LogP contribution in [0.15, 0.2) is 35.2 Å². The van der Waals surface area contributed by atoms with Gasteiger partial charge in [0, 0.05) is 13.1 Å². The molecule has 0 unspecified atom stereocenters. The first-order valence-electron chi connectivity index (χ1n) is 9.19. The molecule has 3 rings (SSSR count). The Morgan fingerprint density at radius 3 is 2.45 bits per heavy atom. The van der Waals surface area contributed by atoms with Crippen LogP contribution in [0.5, 0.6) is 11.5 Å². The summed E-state index contributed by atoms with van der Waals surface area (Å²) in [5.74, 6) is 0.654. The summed E-state index contributed by atoms with van der Waals surface area (Å²) < 4.78 is 39.7. The summed E-state index contributed by atoms with van der Waals surface area (Å²) in [6.07, 6.45) is 0. The standard InChI is InChI=1S/C21H26N2O5S/c1-13-9-18(27-6)19(10-14(13)2)29(25,26)22-15-7-8-16-17(11-15)28-12-21(3,4)20(24)23(16)5/h7-11,22H,12H2,1-6H3. The lowest BCUT2D eigenvalue weighted by Gasteiger charge is -2.24. The van der Waals surface area contributed by atoms with Crippen molar-refractivity contribution < 1.29 is 22.7 Å². The third kappa shape index (κ3) is 3.89. The third-order valence-electron chi connectivity index (χ3n) is 5.11. The van der Waals surface area contributed by atoms with Crippen molar-refractivity contribution in [3.05, 3.63) is 41.5 Å². The molecule has 0 aromatic heterocycles. The Morgan fingerprint density at radius 2 is 1.79 bits per heavy atom. The number of nitrogens with zero attached hydrogens (tertiary/aromatic N) is 1. The predicted molar refractivity (Wildman–Crippen MR) is 112 cm³/mol. The van der Waals surface area contributed by atoms with Crippen molar-refractivity contribution in [3.63, 3.8) is 0 Å². The molecule has 0 aliphatic carbocycles. The van der Waals surface area contributed by atoms with Crippen molar-refractivity contribution >= 4 is 27.3 Å². The van der Waals surface area contributed by atoms with E-state index in [1.54, 1.807) is 37.4 Å². The maximum absolute atomic E-state index is 13.0. The van der Waals surface area contributed by atoms with Crippen molar-refractivity contribution in [3.8, 4) is 11.5 Å². The van der Waals surface area contributed by atoms with Gasteiger partial charge < -0.3 is 14.4 Å². The summed E-state index contributed by atoms with van der Waals surface area (Å²) in [4.78, 5) is 14.2. The van der Waals surface area contributed by atoms with Crippen LogP contribution in [0.3, 0.4) is 0 Å². The maximum atomic E-state index is 13.0. The normalized spacial score (nSPS) is 15.9. The molecule has 0 saturated heterocycles. The minimum Gasteiger partial charge on any atom is -0.495 e. The number of rotatable bonds is 4. The Hall–Kier alpha value is -2.74. The smallest absolute Gasteiger partial charge is 0.265 e. The number of hydrogen-bond donors (Lipinski definition) is 1. The predicted octanol–water partition coefficient (Wildman–Crippen LogP) is 3.49. The van der Waals surface area contributed by atoms with Gasteiger partial charge in [-0.2, -0.15) is 0 Å². The maximum Gasteiger partial charge on any atom is 0.265 e. The SMILES string of the molecule is COc1cc(C)c(C)cc1S(=O)(=O)Nc1ccc2c(c1)OCC(C)(C)C(=O)N2C. The second-order valence-electron chi connectivity index (χ2n) is 7.91. The van der Waals surface area contributed by atoms with Crippen LogP contribution in [-0.4, -0.2) is 35.1 Å². The lowest BCUT2D eigenvalue weighted by molar-refractivity contribution is -0.127. The molecule has 1 N–H and O–H groups in total. The topological polar surface area (TPSA) is 84.9 Å². The van der Waals surface area contributed by atoms with E-state index in [0.717, 1.165) is 11.1 Å². The molecule has 0 spiro atoms. The number of carbonyl (C=O) groups excluding carboxylic acids is 1. The molecule has 0 saturated carbocycles. The molecule has 7 nitrogen and oxygen atoms in total. The van der Waals surface area contributed by atoms with Crippen molar-refractivity contribution in [2.45, 2.75) is 32.6 Å². The molecule has 1 amide bonds. The minimum atomic E-state index is -3.89. The van der Waals surface area contributed by atoms with Crippen molar-refractivity contribution in [2.24, 2.45) is 5.41 Å². The van der Waals surface area contributed by atoms with Crippen LogP contribution in [0.2, 0.25) is 0 Å². The van der Waals surface area contributed by atoms with Gasteiger partial charge in [-0.1, -0.05) is 0 Å². The molecule has 29 heavy (non-hydrogen) atoms. The number of carbonyl (C=O) groups is 1. The van der Waals surface area contributed by atoms with E-state index in [2.05, 4.69) is 4.72 Å². The van der Waals surface area contributed by atoms with E-state index in [9.17, 15) is 13.2 Å². The Bertz CT molecular complexity index is 1080. The van der Waals surface area contributed by atoms with Gasteiger partial charge in [-0.15, -0.1) is 0 Å². The molecular weight excluding hydrogens is 392 g/mol. The second-order valence-corrected chi connectivity index (χ2v) is 9.56. The average Bonchev–Trinajstić information content (AvgIpc) is 2.74. The number of fused-ring (bicyclic) bond motifs is 1. The number of anilines is 2. The number of ether oxygens (including phenoxy) is 2. The highest BCUT2D eigenvalue weighted by Gasteiger charge is 2.36. The highest BCUT2D eigenvalue weighted by atomic mass is 32.2. The van der Waals surface area contributed by atoms with Gasteiger partial charge >= 0.3 is 0 Å². The summed E-state index contributed by atoms with van der Waals surface area (Å²) in [6.45, 7) is 7.56. The number of sulfonamides is 1. The fraction of sp³-hybridized carbons (Fsp3) is 0.381. The zero-order valence-electron chi connectivity index (χ0n) is 17.5. The van der Waals surface area contributed by atoms with Crippen molar-refractivity contribution in [1.82, 2.24) is 0 Å². The zero-order chi connectivity index (χ0) is 21.6. The number of amides is 1. The molecule has 156 valence electrons. The fourth-order valence-corrected chi connectivity index (χ4v) is 4.48. The summed E-state index contributed by atoms with van der Waals surface area (Å²) in [7, 11) is -0.769. The Balaban J connectivity index is 1.98. The lowest BCUT2D eigenvalue weighted by Crippen LogP contribution is -2.39. The summed E-state index contributed by atoms with van der Waals surface area (Å²) >= 11 is 0. The fourth-order valence-electron chi connectivity index (χ4n) is 3.20. The van der Waals surface area contributed by atoms with Gasteiger partial charge in [0.1, 0.15) is 23.0 Å². The largest absolute Gasteiger partial charge is 0.495 e. The number of nitrogens with one attached hydrogen (secondary N) is 1. The molecule has 2 aromatic carbocycles. The molecule has 1 aliphatic rings. The monoisotopic (exact) mass is 418 g/mol. The van der Waals surface area contributed by atoms with E-state index in [1.807, 2.05) is 27.7 Å². The highest BCUT2D eigenvalue weighted by Crippen LogP contribution is 2.38. The number of methoxy groups -OCH3 is 1. The van der Waals surface area contributed by atoms with Gasteiger partial charge in [0.25, 0.3) is 10.0 Å². The minimum absolute atomic E-state index is 0.0624. The van der Waals surface area contributed by atoms with Gasteiger partial charge in [0.15, 0.2) is 0 Å². The molecule has 0 fully saturated rings. The summed E-state index contributed by atoms with van der Waals surface area (Å²) in [5.41, 5.74) is 2.03. The van der Waals surface area contributed by atoms with E-state index in [0.29, 0.717) is 17.1 Å². The first-order valence-corrected chi connectivity index (χ1v) is 10.7. The van der Waals surface area contributed by atoms with Crippen molar-refractivity contribution in [2.75, 3.05) is 30.4 Å². The van der Waals surface area contributed by atoms with Crippen LogP contribution in [0, 0.1) is 19.3 Å². The molecule has 2 aromatic rings. The van der Waals surface area contributed by atoms with E-state index >= 15 is 0 Å². The molecule has 0 radical (unpaired) electrons. The van der Waals surface area contributed by atoms with Gasteiger partial charge in [-0.05, 0) is 63.1 Å². The van der Waals surface area contributed by atoms with Gasteiger partial charge in [-0.25, -0.2) is 8.42 Å². The molecule has 8 heteroatoms. The van der Waals surface area contributed by atoms with Crippen LogP contribution in [-0.2, 0) is 14.8 Å². The van der Waals surface area contributed by atoms with Gasteiger partial charge in [0.2, 0.25) is 5.91 Å². The molecule has 1 heterocycles. The Kier molecular flexibility index (Phi) is 5.25. The van der Waals surface area contributed by atoms with Crippen LogP contribution < -0.4 is 19.1 Å². The number of benzene rings is 2. The van der Waals surface area contributed by atoms with E-state index < -0.39 is 15.4 Å². The Labute approximate surface area is 171 Å². The second kappa shape index (κ2) is 7.26. The lowest BCUT2D eigenvalue weighted by atomic mass is 9.93. The molecule has 0 bridgehead atoms. The average molecular weight is 419 g/mol. The highest BCUT2D eigenvalue weighted by molar-refractivity contribution is 7.92. The van der Waals surface area contributed by atoms with E-state index in [1.165, 1.54) is 12.0 Å². The first-order chi connectivity index (χ1) is 13.5. The first kappa shape index (κ1) is 21.0. The van der Waals surface area contributed by atoms with Gasteiger partial charge in [0.05, 0.1) is 23.9 Å². The number of hydrogen-bond acceptors (Lipinski definition) is 5. The van der Waals surface area contributed by atoms with Crippen LogP contribution in [0.4, 0.5) is 11.4 Å². The Morgan fingerprint density at radius 1 is 1.14 bits per heavy atom. The van der Waals surface area contributed by atoms with Crippen LogP contribution in [0.1, 0.15) is 25.0 Å². The van der Waals surface area contributed by atoms with Crippen LogP contribution >= 0.6 is 0 Å². The molecule has 0 atom stereocenters. The van der Waals surface area contributed by atoms with Gasteiger partial charge in [-0.3, -0.25) is 9.52 Å². The summed E-state index contributed by atoms with van der Waals surface area (Å²) in [6, 6.07) is 8.16. The number of aryl methyl sites for hydroxylation is 2. The molecule has 1 aliphatic heterocycles. The van der Waals surface area contributed by atoms with E-state index in [-0.39, 0.29) is 23.2 Å². The van der Waals surface area contributed by atoms with Crippen LogP contribution in [0.25, 0.3) is 0 Å².